The second-order valence-electron chi connectivity index (χ2n) is 4.84. The molecule has 0 fully saturated rings. The molecule has 2 atom stereocenters. The molecule has 1 N–H and O–H groups in total. The number of benzene rings is 1. The van der Waals surface area contributed by atoms with E-state index in [1.54, 1.807) is 6.92 Å². The Bertz CT molecular complexity index is 567. The molecule has 100 valence electrons. The average molecular weight is 259 g/mol. The van der Waals surface area contributed by atoms with E-state index in [9.17, 15) is 0 Å². The number of rotatable bonds is 4. The highest BCUT2D eigenvalue weighted by molar-refractivity contribution is 5.40. The van der Waals surface area contributed by atoms with Crippen LogP contribution in [0, 0.1) is 6.92 Å². The van der Waals surface area contributed by atoms with Crippen LogP contribution in [0.4, 0.5) is 0 Å². The summed E-state index contributed by atoms with van der Waals surface area (Å²) in [4.78, 5) is 0. The SMILES string of the molecule is Cc1nnc(CN[C@H](C)[C@@H]2COc3ccccc32)o1. The number of hydrogen-bond donors (Lipinski definition) is 1. The van der Waals surface area contributed by atoms with E-state index in [0.29, 0.717) is 24.2 Å². The van der Waals surface area contributed by atoms with Crippen molar-refractivity contribution in [2.45, 2.75) is 32.4 Å². The maximum atomic E-state index is 5.70. The molecule has 2 heterocycles. The topological polar surface area (TPSA) is 60.2 Å². The number of fused-ring (bicyclic) bond motifs is 1. The van der Waals surface area contributed by atoms with Gasteiger partial charge in [0.15, 0.2) is 0 Å². The van der Waals surface area contributed by atoms with E-state index in [1.165, 1.54) is 5.56 Å². The fraction of sp³-hybridized carbons (Fsp3) is 0.429. The van der Waals surface area contributed by atoms with Crippen LogP contribution in [0.15, 0.2) is 28.7 Å². The first-order chi connectivity index (χ1) is 9.24. The summed E-state index contributed by atoms with van der Waals surface area (Å²) in [6.07, 6.45) is 0. The number of para-hydroxylation sites is 1. The lowest BCUT2D eigenvalue weighted by molar-refractivity contribution is 0.299. The maximum Gasteiger partial charge on any atom is 0.230 e. The molecular formula is C14H17N3O2. The largest absolute Gasteiger partial charge is 0.493 e. The second kappa shape index (κ2) is 5.01. The Hall–Kier alpha value is -1.88. The van der Waals surface area contributed by atoms with E-state index in [-0.39, 0.29) is 6.04 Å². The van der Waals surface area contributed by atoms with Crippen LogP contribution in [0.2, 0.25) is 0 Å². The van der Waals surface area contributed by atoms with E-state index in [4.69, 9.17) is 9.15 Å². The Morgan fingerprint density at radius 3 is 3.00 bits per heavy atom. The van der Waals surface area contributed by atoms with Crippen molar-refractivity contribution in [3.8, 4) is 5.75 Å². The molecule has 0 bridgehead atoms. The molecule has 5 nitrogen and oxygen atoms in total. The number of aromatic nitrogens is 2. The summed E-state index contributed by atoms with van der Waals surface area (Å²) >= 11 is 0. The van der Waals surface area contributed by atoms with E-state index in [2.05, 4.69) is 34.6 Å². The summed E-state index contributed by atoms with van der Waals surface area (Å²) in [6, 6.07) is 8.48. The van der Waals surface area contributed by atoms with Crippen LogP contribution < -0.4 is 10.1 Å². The standard InChI is InChI=1S/C14H17N3O2/c1-9(15-7-14-17-16-10(2)19-14)12-8-18-13-6-4-3-5-11(12)13/h3-6,9,12,15H,7-8H2,1-2H3/t9-,12+/m1/s1. The van der Waals surface area contributed by atoms with Gasteiger partial charge in [-0.25, -0.2) is 0 Å². The highest BCUT2D eigenvalue weighted by Gasteiger charge is 2.28. The maximum absolute atomic E-state index is 5.70. The molecule has 2 aromatic rings. The van der Waals surface area contributed by atoms with Crippen molar-refractivity contribution in [3.63, 3.8) is 0 Å². The van der Waals surface area contributed by atoms with Crippen LogP contribution in [-0.4, -0.2) is 22.8 Å². The van der Waals surface area contributed by atoms with Crippen molar-refractivity contribution in [2.75, 3.05) is 6.61 Å². The van der Waals surface area contributed by atoms with Crippen LogP contribution in [0.1, 0.15) is 30.2 Å². The third-order valence-electron chi connectivity index (χ3n) is 3.48. The first-order valence-electron chi connectivity index (χ1n) is 6.48. The summed E-state index contributed by atoms with van der Waals surface area (Å²) in [7, 11) is 0. The molecule has 5 heteroatoms. The lowest BCUT2D eigenvalue weighted by Crippen LogP contribution is -2.32. The van der Waals surface area contributed by atoms with Crippen molar-refractivity contribution >= 4 is 0 Å². The third kappa shape index (κ3) is 2.46. The molecule has 0 saturated carbocycles. The molecule has 3 rings (SSSR count). The number of hydrogen-bond acceptors (Lipinski definition) is 5. The molecule has 1 aliphatic heterocycles. The van der Waals surface area contributed by atoms with Crippen LogP contribution >= 0.6 is 0 Å². The van der Waals surface area contributed by atoms with Gasteiger partial charge in [0, 0.05) is 24.4 Å². The van der Waals surface area contributed by atoms with Gasteiger partial charge in [0.05, 0.1) is 13.2 Å². The first-order valence-corrected chi connectivity index (χ1v) is 6.48. The molecule has 1 aromatic carbocycles. The third-order valence-corrected chi connectivity index (χ3v) is 3.48. The summed E-state index contributed by atoms with van der Waals surface area (Å²) in [5.74, 6) is 2.57. The lowest BCUT2D eigenvalue weighted by atomic mass is 9.94. The predicted molar refractivity (Wildman–Crippen MR) is 70.0 cm³/mol. The van der Waals surface area contributed by atoms with Crippen LogP contribution in [0.3, 0.4) is 0 Å². The lowest BCUT2D eigenvalue weighted by Gasteiger charge is -2.18. The molecular weight excluding hydrogens is 242 g/mol. The Kier molecular flexibility index (Phi) is 3.21. The van der Waals surface area contributed by atoms with Crippen LogP contribution in [0.25, 0.3) is 0 Å². The quantitative estimate of drug-likeness (QED) is 0.910. The van der Waals surface area contributed by atoms with Gasteiger partial charge < -0.3 is 14.5 Å². The fourth-order valence-corrected chi connectivity index (χ4v) is 2.40. The highest BCUT2D eigenvalue weighted by Crippen LogP contribution is 2.35. The first kappa shape index (κ1) is 12.2. The number of aryl methyl sites for hydroxylation is 1. The van der Waals surface area contributed by atoms with Crippen LogP contribution in [0.5, 0.6) is 5.75 Å². The number of ether oxygens (including phenoxy) is 1. The Morgan fingerprint density at radius 2 is 2.21 bits per heavy atom. The minimum Gasteiger partial charge on any atom is -0.493 e. The fourth-order valence-electron chi connectivity index (χ4n) is 2.40. The Balaban J connectivity index is 1.64. The summed E-state index contributed by atoms with van der Waals surface area (Å²) in [5, 5.41) is 11.2. The molecule has 0 aliphatic carbocycles. The Labute approximate surface area is 112 Å². The zero-order chi connectivity index (χ0) is 13.2. The smallest absolute Gasteiger partial charge is 0.230 e. The molecule has 0 spiro atoms. The second-order valence-corrected chi connectivity index (χ2v) is 4.84. The predicted octanol–water partition coefficient (Wildman–Crippen LogP) is 2.03. The summed E-state index contributed by atoms with van der Waals surface area (Å²) < 4.78 is 11.0. The van der Waals surface area contributed by atoms with Gasteiger partial charge in [-0.1, -0.05) is 18.2 Å². The molecule has 0 saturated heterocycles. The van der Waals surface area contributed by atoms with Crippen LogP contribution in [-0.2, 0) is 6.54 Å². The highest BCUT2D eigenvalue weighted by atomic mass is 16.5. The van der Waals surface area contributed by atoms with E-state index >= 15 is 0 Å². The monoisotopic (exact) mass is 259 g/mol. The van der Waals surface area contributed by atoms with Gasteiger partial charge in [0.1, 0.15) is 5.75 Å². The van der Waals surface area contributed by atoms with Gasteiger partial charge in [0.25, 0.3) is 0 Å². The van der Waals surface area contributed by atoms with Gasteiger partial charge in [0.2, 0.25) is 11.8 Å². The zero-order valence-corrected chi connectivity index (χ0v) is 11.1. The van der Waals surface area contributed by atoms with Crippen molar-refractivity contribution in [3.05, 3.63) is 41.6 Å². The van der Waals surface area contributed by atoms with E-state index < -0.39 is 0 Å². The minimum atomic E-state index is 0.288. The summed E-state index contributed by atoms with van der Waals surface area (Å²) in [5.41, 5.74) is 1.27. The van der Waals surface area contributed by atoms with Gasteiger partial charge in [-0.05, 0) is 13.0 Å². The van der Waals surface area contributed by atoms with Gasteiger partial charge in [-0.2, -0.15) is 0 Å². The number of nitrogens with zero attached hydrogens (tertiary/aromatic N) is 2. The van der Waals surface area contributed by atoms with E-state index in [0.717, 1.165) is 12.4 Å². The zero-order valence-electron chi connectivity index (χ0n) is 11.1. The molecule has 0 radical (unpaired) electrons. The molecule has 0 unspecified atom stereocenters. The van der Waals surface area contributed by atoms with Gasteiger partial charge >= 0.3 is 0 Å². The number of nitrogens with one attached hydrogen (secondary N) is 1. The Morgan fingerprint density at radius 1 is 1.37 bits per heavy atom. The van der Waals surface area contributed by atoms with Crippen molar-refractivity contribution in [2.24, 2.45) is 0 Å². The molecule has 19 heavy (non-hydrogen) atoms. The molecule has 0 amide bonds. The minimum absolute atomic E-state index is 0.288. The van der Waals surface area contributed by atoms with Gasteiger partial charge in [-0.3, -0.25) is 0 Å². The summed E-state index contributed by atoms with van der Waals surface area (Å²) in [6.45, 7) is 5.25. The van der Waals surface area contributed by atoms with Crippen molar-refractivity contribution < 1.29 is 9.15 Å². The normalized spacial score (nSPS) is 18.9. The van der Waals surface area contributed by atoms with Gasteiger partial charge in [-0.15, -0.1) is 10.2 Å². The van der Waals surface area contributed by atoms with Crippen molar-refractivity contribution in [1.29, 1.82) is 0 Å². The average Bonchev–Trinajstić information content (AvgIpc) is 3.02. The molecule has 1 aliphatic rings. The van der Waals surface area contributed by atoms with E-state index in [1.807, 2.05) is 12.1 Å². The molecule has 1 aromatic heterocycles. The van der Waals surface area contributed by atoms with Crippen molar-refractivity contribution in [1.82, 2.24) is 15.5 Å².